The highest BCUT2D eigenvalue weighted by atomic mass is 31.2. The van der Waals surface area contributed by atoms with Crippen molar-refractivity contribution in [3.8, 4) is 0 Å². The van der Waals surface area contributed by atoms with E-state index in [-0.39, 0.29) is 25.7 Å². The van der Waals surface area contributed by atoms with Gasteiger partial charge >= 0.3 is 39.5 Å². The van der Waals surface area contributed by atoms with Crippen molar-refractivity contribution in [1.82, 2.24) is 0 Å². The Balaban J connectivity index is 5.25. The summed E-state index contributed by atoms with van der Waals surface area (Å²) in [6.07, 6.45) is 31.0. The minimum absolute atomic E-state index is 0.100. The van der Waals surface area contributed by atoms with Gasteiger partial charge in [0.05, 0.1) is 26.4 Å². The number of esters is 4. The van der Waals surface area contributed by atoms with Gasteiger partial charge in [0.1, 0.15) is 19.3 Å². The quantitative estimate of drug-likeness (QED) is 0.0222. The molecular formula is C62H120O17P2. The second-order valence-electron chi connectivity index (χ2n) is 23.9. The summed E-state index contributed by atoms with van der Waals surface area (Å²) < 4.78 is 67.8. The first-order chi connectivity index (χ1) is 38.7. The van der Waals surface area contributed by atoms with Crippen LogP contribution >= 0.6 is 15.6 Å². The fraction of sp³-hybridized carbons (Fsp3) is 0.935. The number of aliphatic hydroxyl groups is 1. The molecule has 0 aromatic carbocycles. The summed E-state index contributed by atoms with van der Waals surface area (Å²) in [6, 6.07) is 0. The molecule has 0 aliphatic rings. The summed E-state index contributed by atoms with van der Waals surface area (Å²) in [5.41, 5.74) is 0. The number of hydrogen-bond donors (Lipinski definition) is 3. The van der Waals surface area contributed by atoms with Gasteiger partial charge in [-0.3, -0.25) is 37.3 Å². The molecule has 0 rings (SSSR count). The van der Waals surface area contributed by atoms with Crippen LogP contribution in [0.25, 0.3) is 0 Å². The number of carbonyl (C=O) groups excluding carboxylic acids is 4. The van der Waals surface area contributed by atoms with E-state index in [2.05, 4.69) is 55.4 Å². The SMILES string of the molecule is CCC(C)CCCCCCCCCCC(=O)OC[C@H](COP(=O)(O)OCC(O)COP(=O)(O)OC[C@@H](COC(=O)CCCCCCCCCC(C)C)OC(=O)CCCCCCCCC(C)C)OC(=O)CCCCCCCCC(C)CC. The predicted molar refractivity (Wildman–Crippen MR) is 321 cm³/mol. The predicted octanol–water partition coefficient (Wildman–Crippen LogP) is 16.6. The zero-order valence-corrected chi connectivity index (χ0v) is 54.2. The maximum Gasteiger partial charge on any atom is 0.472 e. The molecule has 0 aliphatic heterocycles. The Hall–Kier alpha value is -1.94. The fourth-order valence-electron chi connectivity index (χ4n) is 9.01. The first-order valence-corrected chi connectivity index (χ1v) is 35.3. The summed E-state index contributed by atoms with van der Waals surface area (Å²) >= 11 is 0. The normalized spacial score (nSPS) is 15.2. The summed E-state index contributed by atoms with van der Waals surface area (Å²) in [5.74, 6) is 0.724. The number of carbonyl (C=O) groups is 4. The third kappa shape index (κ3) is 54.5. The number of unbranched alkanes of at least 4 members (excludes halogenated alkanes) is 23. The van der Waals surface area contributed by atoms with E-state index in [1.165, 1.54) is 89.9 Å². The standard InChI is InChI=1S/C62H120O17P2/c1-9-54(7)40-32-24-15-11-12-16-26-34-42-59(64)72-48-58(79-62(67)45-37-29-21-19-25-33-41-55(8)10-2)51-77-81(70,71)75-47-56(63)46-74-80(68,69)76-50-57(78-61(66)44-36-28-20-18-23-31-39-53(5)6)49-73-60(65)43-35-27-17-13-14-22-30-38-52(3)4/h52-58,63H,9-51H2,1-8H3,(H,68,69)(H,70,71)/t54?,55?,56?,57-,58-/m1/s1. The molecule has 81 heavy (non-hydrogen) atoms. The van der Waals surface area contributed by atoms with Crippen molar-refractivity contribution >= 4 is 39.5 Å². The van der Waals surface area contributed by atoms with Gasteiger partial charge in [-0.05, 0) is 49.4 Å². The van der Waals surface area contributed by atoms with Crippen LogP contribution in [0, 0.1) is 23.7 Å². The summed E-state index contributed by atoms with van der Waals surface area (Å²) in [4.78, 5) is 72.1. The number of rotatable bonds is 59. The van der Waals surface area contributed by atoms with Crippen LogP contribution in [0.2, 0.25) is 0 Å². The Kier molecular flexibility index (Phi) is 51.1. The van der Waals surface area contributed by atoms with Crippen LogP contribution in [0.5, 0.6) is 0 Å². The minimum Gasteiger partial charge on any atom is -0.462 e. The van der Waals surface area contributed by atoms with Crippen molar-refractivity contribution in [2.75, 3.05) is 39.6 Å². The van der Waals surface area contributed by atoms with Crippen LogP contribution in [-0.2, 0) is 65.4 Å². The molecular weight excluding hydrogens is 1080 g/mol. The van der Waals surface area contributed by atoms with Crippen LogP contribution in [0.15, 0.2) is 0 Å². The van der Waals surface area contributed by atoms with Crippen LogP contribution in [-0.4, -0.2) is 96.7 Å². The molecule has 0 bridgehead atoms. The summed E-state index contributed by atoms with van der Waals surface area (Å²) in [5, 5.41) is 10.5. The summed E-state index contributed by atoms with van der Waals surface area (Å²) in [6.45, 7) is 13.9. The molecule has 0 aliphatic carbocycles. The first-order valence-electron chi connectivity index (χ1n) is 32.3. The van der Waals surface area contributed by atoms with Gasteiger partial charge < -0.3 is 33.8 Å². The highest BCUT2D eigenvalue weighted by molar-refractivity contribution is 7.47. The number of aliphatic hydroxyl groups excluding tert-OH is 1. The van der Waals surface area contributed by atoms with Gasteiger partial charge in [-0.1, -0.05) is 242 Å². The lowest BCUT2D eigenvalue weighted by Crippen LogP contribution is -2.30. The van der Waals surface area contributed by atoms with Crippen molar-refractivity contribution < 1.29 is 80.2 Å². The molecule has 0 heterocycles. The van der Waals surface area contributed by atoms with Crippen LogP contribution in [0.3, 0.4) is 0 Å². The Morgan fingerprint density at radius 1 is 0.346 bits per heavy atom. The Bertz CT molecular complexity index is 1630. The second-order valence-corrected chi connectivity index (χ2v) is 26.8. The molecule has 0 amide bonds. The van der Waals surface area contributed by atoms with E-state index >= 15 is 0 Å². The summed E-state index contributed by atoms with van der Waals surface area (Å²) in [7, 11) is -9.88. The highest BCUT2D eigenvalue weighted by Crippen LogP contribution is 2.45. The Labute approximate surface area is 492 Å². The van der Waals surface area contributed by atoms with E-state index in [1.54, 1.807) is 0 Å². The average molecular weight is 1200 g/mol. The van der Waals surface area contributed by atoms with Gasteiger partial charge in [0.2, 0.25) is 0 Å². The van der Waals surface area contributed by atoms with Gasteiger partial charge in [0.25, 0.3) is 0 Å². The maximum absolute atomic E-state index is 12.9. The molecule has 0 radical (unpaired) electrons. The number of phosphoric acid groups is 2. The fourth-order valence-corrected chi connectivity index (χ4v) is 10.6. The van der Waals surface area contributed by atoms with E-state index in [9.17, 15) is 43.2 Å². The smallest absolute Gasteiger partial charge is 0.462 e. The lowest BCUT2D eigenvalue weighted by Gasteiger charge is -2.21. The van der Waals surface area contributed by atoms with Crippen molar-refractivity contribution in [3.63, 3.8) is 0 Å². The average Bonchev–Trinajstić information content (AvgIpc) is 3.42. The lowest BCUT2D eigenvalue weighted by atomic mass is 9.99. The van der Waals surface area contributed by atoms with Crippen LogP contribution in [0.4, 0.5) is 0 Å². The molecule has 480 valence electrons. The molecule has 17 nitrogen and oxygen atoms in total. The van der Waals surface area contributed by atoms with Crippen molar-refractivity contribution in [1.29, 1.82) is 0 Å². The molecule has 0 saturated heterocycles. The number of ether oxygens (including phenoxy) is 4. The Morgan fingerprint density at radius 3 is 0.877 bits per heavy atom. The molecule has 0 aromatic heterocycles. The second kappa shape index (κ2) is 52.4. The maximum atomic E-state index is 12.9. The molecule has 0 saturated carbocycles. The monoisotopic (exact) mass is 1200 g/mol. The van der Waals surface area contributed by atoms with E-state index in [0.717, 1.165) is 108 Å². The molecule has 19 heteroatoms. The van der Waals surface area contributed by atoms with Gasteiger partial charge in [0, 0.05) is 25.7 Å². The van der Waals surface area contributed by atoms with E-state index < -0.39 is 97.5 Å². The highest BCUT2D eigenvalue weighted by Gasteiger charge is 2.30. The topological polar surface area (TPSA) is 237 Å². The minimum atomic E-state index is -4.94. The van der Waals surface area contributed by atoms with E-state index in [0.29, 0.717) is 37.5 Å². The number of phosphoric ester groups is 2. The lowest BCUT2D eigenvalue weighted by molar-refractivity contribution is -0.161. The van der Waals surface area contributed by atoms with Crippen LogP contribution < -0.4 is 0 Å². The van der Waals surface area contributed by atoms with Crippen molar-refractivity contribution in [2.45, 2.75) is 311 Å². The third-order valence-electron chi connectivity index (χ3n) is 14.8. The van der Waals surface area contributed by atoms with Crippen LogP contribution in [0.1, 0.15) is 293 Å². The molecule has 0 spiro atoms. The molecule has 0 aromatic rings. The zero-order valence-electron chi connectivity index (χ0n) is 52.4. The molecule has 0 fully saturated rings. The molecule has 7 atom stereocenters. The van der Waals surface area contributed by atoms with Gasteiger partial charge in [-0.15, -0.1) is 0 Å². The Morgan fingerprint density at radius 2 is 0.593 bits per heavy atom. The first kappa shape index (κ1) is 79.1. The van der Waals surface area contributed by atoms with Crippen molar-refractivity contribution in [2.24, 2.45) is 23.7 Å². The number of hydrogen-bond acceptors (Lipinski definition) is 15. The molecule has 3 N–H and O–H groups in total. The van der Waals surface area contributed by atoms with Gasteiger partial charge in [-0.25, -0.2) is 9.13 Å². The third-order valence-corrected chi connectivity index (χ3v) is 16.7. The molecule has 5 unspecified atom stereocenters. The van der Waals surface area contributed by atoms with Crippen molar-refractivity contribution in [3.05, 3.63) is 0 Å². The zero-order chi connectivity index (χ0) is 60.4. The largest absolute Gasteiger partial charge is 0.472 e. The van der Waals surface area contributed by atoms with E-state index in [4.69, 9.17) is 37.0 Å². The van der Waals surface area contributed by atoms with E-state index in [1.807, 2.05) is 0 Å². The van der Waals surface area contributed by atoms with Gasteiger partial charge in [-0.2, -0.15) is 0 Å². The van der Waals surface area contributed by atoms with Gasteiger partial charge in [0.15, 0.2) is 12.2 Å².